The summed E-state index contributed by atoms with van der Waals surface area (Å²) in [6.45, 7) is 0.464. The third-order valence-corrected chi connectivity index (χ3v) is 6.09. The maximum atomic E-state index is 12.0. The fourth-order valence-corrected chi connectivity index (χ4v) is 3.96. The zero-order chi connectivity index (χ0) is 12.5. The molecule has 1 aromatic carbocycles. The maximum Gasteiger partial charge on any atom is 0.242 e. The Balaban J connectivity index is 2.12. The molecule has 0 spiro atoms. The van der Waals surface area contributed by atoms with Gasteiger partial charge in [0, 0.05) is 11.9 Å². The Morgan fingerprint density at radius 1 is 1.35 bits per heavy atom. The van der Waals surface area contributed by atoms with Gasteiger partial charge in [0.15, 0.2) is 0 Å². The molecule has 6 heteroatoms. The Morgan fingerprint density at radius 3 is 2.53 bits per heavy atom. The summed E-state index contributed by atoms with van der Waals surface area (Å²) < 4.78 is 26.7. The molecule has 1 saturated carbocycles. The van der Waals surface area contributed by atoms with Crippen LogP contribution in [0.3, 0.4) is 0 Å². The molecular weight excluding hydrogens is 326 g/mol. The number of nitrogens with one attached hydrogen (secondary N) is 1. The predicted molar refractivity (Wildman–Crippen MR) is 72.1 cm³/mol. The van der Waals surface area contributed by atoms with Gasteiger partial charge in [-0.15, -0.1) is 0 Å². The van der Waals surface area contributed by atoms with E-state index in [4.69, 9.17) is 11.6 Å². The second-order valence-electron chi connectivity index (χ2n) is 4.39. The first-order valence-electron chi connectivity index (χ1n) is 5.29. The van der Waals surface area contributed by atoms with Crippen molar-refractivity contribution in [3.63, 3.8) is 0 Å². The topological polar surface area (TPSA) is 46.2 Å². The van der Waals surface area contributed by atoms with Gasteiger partial charge < -0.3 is 0 Å². The van der Waals surface area contributed by atoms with Crippen LogP contribution in [0.15, 0.2) is 29.2 Å². The predicted octanol–water partition coefficient (Wildman–Crippen LogP) is 2.79. The van der Waals surface area contributed by atoms with Crippen molar-refractivity contribution in [2.75, 3.05) is 11.9 Å². The molecule has 0 heterocycles. The number of hydrogen-bond donors (Lipinski definition) is 1. The van der Waals surface area contributed by atoms with Gasteiger partial charge in [-0.05, 0) is 30.4 Å². The van der Waals surface area contributed by atoms with Crippen molar-refractivity contribution >= 4 is 37.6 Å². The molecule has 1 aromatic rings. The van der Waals surface area contributed by atoms with Gasteiger partial charge in [0.2, 0.25) is 10.0 Å². The average molecular weight is 339 g/mol. The fraction of sp³-hybridized carbons (Fsp3) is 0.455. The molecule has 0 radical (unpaired) electrons. The average Bonchev–Trinajstić information content (AvgIpc) is 3.08. The summed E-state index contributed by atoms with van der Waals surface area (Å²) in [7, 11) is -3.50. The molecule has 0 atom stereocenters. The molecule has 0 aromatic heterocycles. The molecule has 1 N–H and O–H groups in total. The quantitative estimate of drug-likeness (QED) is 0.839. The Morgan fingerprint density at radius 2 is 2.00 bits per heavy atom. The Hall–Kier alpha value is -0.100. The lowest BCUT2D eigenvalue weighted by atomic mass is 10.1. The van der Waals surface area contributed by atoms with Crippen LogP contribution in [0.5, 0.6) is 0 Å². The van der Waals surface area contributed by atoms with Gasteiger partial charge in [0.05, 0.1) is 5.02 Å². The van der Waals surface area contributed by atoms with Crippen molar-refractivity contribution in [3.05, 3.63) is 29.3 Å². The minimum Gasteiger partial charge on any atom is -0.211 e. The van der Waals surface area contributed by atoms with Crippen LogP contribution in [-0.2, 0) is 10.0 Å². The second-order valence-corrected chi connectivity index (χ2v) is 7.09. The molecule has 0 saturated heterocycles. The van der Waals surface area contributed by atoms with Crippen LogP contribution >= 0.6 is 27.5 Å². The van der Waals surface area contributed by atoms with Crippen LogP contribution < -0.4 is 4.72 Å². The van der Waals surface area contributed by atoms with E-state index in [0.717, 1.165) is 18.2 Å². The molecule has 0 aliphatic heterocycles. The first-order valence-corrected chi connectivity index (χ1v) is 8.28. The lowest BCUT2D eigenvalue weighted by Crippen LogP contribution is -2.31. The van der Waals surface area contributed by atoms with Gasteiger partial charge >= 0.3 is 0 Å². The van der Waals surface area contributed by atoms with E-state index in [1.807, 2.05) is 0 Å². The normalized spacial score (nSPS) is 18.0. The minimum atomic E-state index is -3.50. The van der Waals surface area contributed by atoms with Gasteiger partial charge in [-0.2, -0.15) is 0 Å². The molecule has 1 fully saturated rings. The number of sulfonamides is 1. The van der Waals surface area contributed by atoms with E-state index in [9.17, 15) is 8.42 Å². The highest BCUT2D eigenvalue weighted by atomic mass is 79.9. The van der Waals surface area contributed by atoms with E-state index < -0.39 is 10.0 Å². The van der Waals surface area contributed by atoms with Crippen molar-refractivity contribution in [1.29, 1.82) is 0 Å². The zero-order valence-corrected chi connectivity index (χ0v) is 12.3. The molecule has 17 heavy (non-hydrogen) atoms. The molecule has 0 amide bonds. The summed E-state index contributed by atoms with van der Waals surface area (Å²) >= 11 is 9.29. The molecule has 1 aliphatic carbocycles. The van der Waals surface area contributed by atoms with Crippen LogP contribution in [-0.4, -0.2) is 20.3 Å². The molecule has 2 rings (SSSR count). The molecule has 0 unspecified atom stereocenters. The van der Waals surface area contributed by atoms with Crippen molar-refractivity contribution in [2.45, 2.75) is 17.7 Å². The number of hydrogen-bond acceptors (Lipinski definition) is 2. The Labute approximate surface area is 115 Å². The first-order chi connectivity index (χ1) is 7.99. The minimum absolute atomic E-state index is 0.105. The largest absolute Gasteiger partial charge is 0.242 e. The van der Waals surface area contributed by atoms with Crippen LogP contribution in [0.4, 0.5) is 0 Å². The number of rotatable bonds is 5. The summed E-state index contributed by atoms with van der Waals surface area (Å²) in [6, 6.07) is 6.46. The number of benzene rings is 1. The monoisotopic (exact) mass is 337 g/mol. The van der Waals surface area contributed by atoms with Crippen LogP contribution in [0, 0.1) is 5.41 Å². The van der Waals surface area contributed by atoms with E-state index in [0.29, 0.717) is 6.54 Å². The van der Waals surface area contributed by atoms with Gasteiger partial charge in [-0.1, -0.05) is 39.7 Å². The standard InChI is InChI=1S/C11H13BrClNO2S/c12-7-11(5-6-11)8-14-17(15,16)10-4-2-1-3-9(10)13/h1-4,14H,5-8H2. The summed E-state index contributed by atoms with van der Waals surface area (Å²) in [5.74, 6) is 0. The van der Waals surface area contributed by atoms with Crippen molar-refractivity contribution in [2.24, 2.45) is 5.41 Å². The Kier molecular flexibility index (Phi) is 3.83. The highest BCUT2D eigenvalue weighted by Crippen LogP contribution is 2.46. The molecule has 94 valence electrons. The molecule has 0 bridgehead atoms. The van der Waals surface area contributed by atoms with E-state index in [1.54, 1.807) is 18.2 Å². The smallest absolute Gasteiger partial charge is 0.211 e. The molecule has 3 nitrogen and oxygen atoms in total. The SMILES string of the molecule is O=S(=O)(NCC1(CBr)CC1)c1ccccc1Cl. The fourth-order valence-electron chi connectivity index (χ4n) is 1.52. The summed E-state index contributed by atoms with van der Waals surface area (Å²) in [5.41, 5.74) is 0.105. The summed E-state index contributed by atoms with van der Waals surface area (Å²) in [6.07, 6.45) is 2.12. The van der Waals surface area contributed by atoms with Crippen molar-refractivity contribution in [1.82, 2.24) is 4.72 Å². The lowest BCUT2D eigenvalue weighted by Gasteiger charge is -2.13. The summed E-state index contributed by atoms with van der Waals surface area (Å²) in [4.78, 5) is 0.145. The third-order valence-electron chi connectivity index (χ3n) is 3.00. The number of alkyl halides is 1. The summed E-state index contributed by atoms with van der Waals surface area (Å²) in [5, 5.41) is 1.08. The second kappa shape index (κ2) is 4.88. The van der Waals surface area contributed by atoms with Gasteiger partial charge in [-0.3, -0.25) is 0 Å². The third kappa shape index (κ3) is 3.02. The van der Waals surface area contributed by atoms with Crippen molar-refractivity contribution in [3.8, 4) is 0 Å². The van der Waals surface area contributed by atoms with Crippen LogP contribution in [0.1, 0.15) is 12.8 Å². The van der Waals surface area contributed by atoms with E-state index >= 15 is 0 Å². The van der Waals surface area contributed by atoms with E-state index in [-0.39, 0.29) is 15.3 Å². The van der Waals surface area contributed by atoms with Crippen molar-refractivity contribution < 1.29 is 8.42 Å². The lowest BCUT2D eigenvalue weighted by molar-refractivity contribution is 0.538. The first kappa shape index (κ1) is 13.3. The van der Waals surface area contributed by atoms with Crippen LogP contribution in [0.25, 0.3) is 0 Å². The van der Waals surface area contributed by atoms with E-state index in [1.165, 1.54) is 6.07 Å². The number of halogens is 2. The zero-order valence-electron chi connectivity index (χ0n) is 9.12. The highest BCUT2D eigenvalue weighted by molar-refractivity contribution is 9.09. The molecular formula is C11H13BrClNO2S. The van der Waals surface area contributed by atoms with E-state index in [2.05, 4.69) is 20.7 Å². The highest BCUT2D eigenvalue weighted by Gasteiger charge is 2.42. The molecule has 1 aliphatic rings. The van der Waals surface area contributed by atoms with Gasteiger partial charge in [-0.25, -0.2) is 13.1 Å². The van der Waals surface area contributed by atoms with Crippen LogP contribution in [0.2, 0.25) is 5.02 Å². The maximum absolute atomic E-state index is 12.0. The van der Waals surface area contributed by atoms with Gasteiger partial charge in [0.25, 0.3) is 0 Å². The van der Waals surface area contributed by atoms with Gasteiger partial charge in [0.1, 0.15) is 4.90 Å². The Bertz CT molecular complexity index is 514.